The third kappa shape index (κ3) is 3.57. The van der Waals surface area contributed by atoms with Crippen LogP contribution in [-0.2, 0) is 11.3 Å². The van der Waals surface area contributed by atoms with Crippen LogP contribution < -0.4 is 5.43 Å². The summed E-state index contributed by atoms with van der Waals surface area (Å²) in [6, 6.07) is 18.0. The monoisotopic (exact) mass is 441 g/mol. The summed E-state index contributed by atoms with van der Waals surface area (Å²) in [5.74, 6) is -0.680. The smallest absolute Gasteiger partial charge is 0.323 e. The fourth-order valence-electron chi connectivity index (χ4n) is 3.96. The number of carbonyl (C=O) groups is 1. The lowest BCUT2D eigenvalue weighted by Gasteiger charge is -2.05. The molecule has 8 heteroatoms. The molecule has 5 aromatic rings. The van der Waals surface area contributed by atoms with Crippen molar-refractivity contribution in [2.45, 2.75) is 13.5 Å². The Labute approximate surface area is 187 Å². The van der Waals surface area contributed by atoms with Crippen LogP contribution in [0.5, 0.6) is 5.75 Å². The fraction of sp³-hybridized carbons (Fsp3) is 0.0800. The Kier molecular flexibility index (Phi) is 4.82. The molecule has 5 rings (SSSR count). The first-order chi connectivity index (χ1) is 15.9. The fourth-order valence-corrected chi connectivity index (χ4v) is 3.96. The van der Waals surface area contributed by atoms with Gasteiger partial charge in [0.25, 0.3) is 0 Å². The Hall–Kier alpha value is -4.59. The number of hydrogen-bond donors (Lipinski definition) is 3. The van der Waals surface area contributed by atoms with Gasteiger partial charge >= 0.3 is 5.97 Å². The van der Waals surface area contributed by atoms with Crippen molar-refractivity contribution in [2.75, 3.05) is 0 Å². The molecule has 0 saturated carbocycles. The lowest BCUT2D eigenvalue weighted by molar-refractivity contribution is -0.137. The van der Waals surface area contributed by atoms with Gasteiger partial charge in [0.2, 0.25) is 11.2 Å². The molecule has 0 radical (unpaired) electrons. The molecular formula is C25H19N3O5. The molecule has 164 valence electrons. The van der Waals surface area contributed by atoms with Crippen LogP contribution >= 0.6 is 0 Å². The molecular weight excluding hydrogens is 422 g/mol. The zero-order valence-corrected chi connectivity index (χ0v) is 17.6. The summed E-state index contributed by atoms with van der Waals surface area (Å²) in [5.41, 5.74) is 2.48. The normalized spacial score (nSPS) is 11.2. The summed E-state index contributed by atoms with van der Waals surface area (Å²) in [6.45, 7) is 1.43. The van der Waals surface area contributed by atoms with E-state index in [9.17, 15) is 19.8 Å². The molecule has 3 N–H and O–H groups in total. The standard InChI is InChI=1S/C25H19N3O5/c1-14-11-19(29)23(32)24(33-14)22-21(15-7-3-2-4-8-15)26-25(27-22)17-12-28(13-20(30)31)18-10-6-5-9-16(17)18/h2-12,32H,13H2,1H3,(H,26,27)(H,30,31). The van der Waals surface area contributed by atoms with Crippen molar-refractivity contribution < 1.29 is 19.4 Å². The molecule has 0 spiro atoms. The highest BCUT2D eigenvalue weighted by Crippen LogP contribution is 2.38. The molecule has 33 heavy (non-hydrogen) atoms. The predicted molar refractivity (Wildman–Crippen MR) is 123 cm³/mol. The van der Waals surface area contributed by atoms with Crippen LogP contribution in [-0.4, -0.2) is 30.7 Å². The van der Waals surface area contributed by atoms with Crippen molar-refractivity contribution in [3.8, 4) is 39.8 Å². The molecule has 0 saturated heterocycles. The summed E-state index contributed by atoms with van der Waals surface area (Å²) in [7, 11) is 0. The molecule has 0 unspecified atom stereocenters. The molecule has 8 nitrogen and oxygen atoms in total. The minimum absolute atomic E-state index is 0.00752. The Morgan fingerprint density at radius 1 is 1.12 bits per heavy atom. The Morgan fingerprint density at radius 2 is 1.85 bits per heavy atom. The number of H-pyrrole nitrogens is 1. The molecule has 0 atom stereocenters. The van der Waals surface area contributed by atoms with Crippen molar-refractivity contribution in [3.05, 3.63) is 82.8 Å². The number of aromatic amines is 1. The Balaban J connectivity index is 1.78. The number of carboxylic acid groups (broad SMARTS) is 1. The highest BCUT2D eigenvalue weighted by molar-refractivity contribution is 5.96. The third-order valence-electron chi connectivity index (χ3n) is 5.37. The van der Waals surface area contributed by atoms with Crippen molar-refractivity contribution in [1.29, 1.82) is 0 Å². The SMILES string of the molecule is Cc1cc(=O)c(O)c(-c2[nH]c(-c3cn(CC(=O)O)c4ccccc34)nc2-c2ccccc2)o1. The van der Waals surface area contributed by atoms with E-state index < -0.39 is 17.1 Å². The summed E-state index contributed by atoms with van der Waals surface area (Å²) in [5, 5.41) is 20.6. The van der Waals surface area contributed by atoms with Gasteiger partial charge in [0.1, 0.15) is 29.5 Å². The molecule has 3 aromatic heterocycles. The molecule has 0 fully saturated rings. The lowest BCUT2D eigenvalue weighted by atomic mass is 10.1. The predicted octanol–water partition coefficient (Wildman–Crippen LogP) is 4.42. The number of fused-ring (bicyclic) bond motifs is 1. The van der Waals surface area contributed by atoms with Gasteiger partial charge in [-0.2, -0.15) is 0 Å². The molecule has 0 aliphatic heterocycles. The van der Waals surface area contributed by atoms with E-state index in [-0.39, 0.29) is 12.3 Å². The number of aliphatic carboxylic acids is 1. The van der Waals surface area contributed by atoms with Gasteiger partial charge in [0.05, 0.1) is 0 Å². The van der Waals surface area contributed by atoms with E-state index in [4.69, 9.17) is 9.40 Å². The van der Waals surface area contributed by atoms with E-state index in [1.807, 2.05) is 54.6 Å². The topological polar surface area (TPSA) is 121 Å². The average molecular weight is 441 g/mol. The minimum atomic E-state index is -0.959. The molecule has 0 bridgehead atoms. The summed E-state index contributed by atoms with van der Waals surface area (Å²) in [6.07, 6.45) is 1.72. The van der Waals surface area contributed by atoms with Gasteiger partial charge in [-0.25, -0.2) is 4.98 Å². The van der Waals surface area contributed by atoms with Crippen LogP contribution in [0.25, 0.3) is 45.0 Å². The number of benzene rings is 2. The van der Waals surface area contributed by atoms with Crippen LogP contribution in [0.2, 0.25) is 0 Å². The Bertz CT molecular complexity index is 1560. The highest BCUT2D eigenvalue weighted by Gasteiger charge is 2.23. The first-order valence-corrected chi connectivity index (χ1v) is 10.2. The van der Waals surface area contributed by atoms with Crippen LogP contribution in [0.4, 0.5) is 0 Å². The quantitative estimate of drug-likeness (QED) is 0.371. The number of para-hydroxylation sites is 1. The number of aryl methyl sites for hydroxylation is 1. The van der Waals surface area contributed by atoms with E-state index in [0.29, 0.717) is 28.5 Å². The third-order valence-corrected chi connectivity index (χ3v) is 5.37. The molecule has 2 aromatic carbocycles. The van der Waals surface area contributed by atoms with Gasteiger partial charge in [0, 0.05) is 34.3 Å². The van der Waals surface area contributed by atoms with Gasteiger partial charge in [-0.1, -0.05) is 48.5 Å². The van der Waals surface area contributed by atoms with Crippen molar-refractivity contribution in [2.24, 2.45) is 0 Å². The van der Waals surface area contributed by atoms with Crippen LogP contribution in [0.3, 0.4) is 0 Å². The van der Waals surface area contributed by atoms with Crippen LogP contribution in [0, 0.1) is 6.92 Å². The van der Waals surface area contributed by atoms with Crippen molar-refractivity contribution in [1.82, 2.24) is 14.5 Å². The van der Waals surface area contributed by atoms with Gasteiger partial charge < -0.3 is 24.2 Å². The van der Waals surface area contributed by atoms with Crippen molar-refractivity contribution >= 4 is 16.9 Å². The number of hydrogen-bond acceptors (Lipinski definition) is 5. The zero-order chi connectivity index (χ0) is 23.1. The number of imidazole rings is 1. The second-order valence-electron chi connectivity index (χ2n) is 7.66. The number of aromatic hydroxyl groups is 1. The second-order valence-corrected chi connectivity index (χ2v) is 7.66. The van der Waals surface area contributed by atoms with Crippen molar-refractivity contribution in [3.63, 3.8) is 0 Å². The van der Waals surface area contributed by atoms with Gasteiger partial charge in [-0.05, 0) is 13.0 Å². The van der Waals surface area contributed by atoms with E-state index >= 15 is 0 Å². The number of carboxylic acids is 1. The zero-order valence-electron chi connectivity index (χ0n) is 17.6. The maximum absolute atomic E-state index is 12.2. The van der Waals surface area contributed by atoms with Gasteiger partial charge in [0.15, 0.2) is 5.76 Å². The molecule has 0 amide bonds. The van der Waals surface area contributed by atoms with Crippen LogP contribution in [0.15, 0.2) is 76.1 Å². The van der Waals surface area contributed by atoms with E-state index in [1.165, 1.54) is 6.07 Å². The summed E-state index contributed by atoms with van der Waals surface area (Å²) < 4.78 is 7.37. The molecule has 0 aliphatic rings. The van der Waals surface area contributed by atoms with E-state index in [0.717, 1.165) is 16.5 Å². The van der Waals surface area contributed by atoms with Crippen LogP contribution in [0.1, 0.15) is 5.76 Å². The van der Waals surface area contributed by atoms with E-state index in [2.05, 4.69) is 4.98 Å². The maximum atomic E-state index is 12.2. The number of rotatable bonds is 5. The number of aromatic nitrogens is 3. The average Bonchev–Trinajstić information content (AvgIpc) is 3.39. The summed E-state index contributed by atoms with van der Waals surface area (Å²) in [4.78, 5) is 31.6. The highest BCUT2D eigenvalue weighted by atomic mass is 16.4. The molecule has 0 aliphatic carbocycles. The second kappa shape index (κ2) is 7.83. The minimum Gasteiger partial charge on any atom is -0.501 e. The van der Waals surface area contributed by atoms with E-state index in [1.54, 1.807) is 17.7 Å². The van der Waals surface area contributed by atoms with Gasteiger partial charge in [-0.15, -0.1) is 0 Å². The largest absolute Gasteiger partial charge is 0.501 e. The molecule has 3 heterocycles. The maximum Gasteiger partial charge on any atom is 0.323 e. The lowest BCUT2D eigenvalue weighted by Crippen LogP contribution is -2.07. The first kappa shape index (κ1) is 20.3. The number of nitrogens with zero attached hydrogens (tertiary/aromatic N) is 2. The first-order valence-electron chi connectivity index (χ1n) is 10.2. The Morgan fingerprint density at radius 3 is 2.61 bits per heavy atom. The number of nitrogens with one attached hydrogen (secondary N) is 1. The summed E-state index contributed by atoms with van der Waals surface area (Å²) >= 11 is 0. The van der Waals surface area contributed by atoms with Gasteiger partial charge in [-0.3, -0.25) is 9.59 Å².